The van der Waals surface area contributed by atoms with Gasteiger partial charge in [-0.05, 0) is 60.7 Å². The number of anilines is 1. The van der Waals surface area contributed by atoms with Crippen LogP contribution in [0.1, 0.15) is 37.5 Å². The third kappa shape index (κ3) is 5.32. The zero-order valence-electron chi connectivity index (χ0n) is 16.7. The maximum absolute atomic E-state index is 13.2. The summed E-state index contributed by atoms with van der Waals surface area (Å²) in [6.07, 6.45) is 2.77. The fourth-order valence-corrected chi connectivity index (χ4v) is 4.31. The highest BCUT2D eigenvalue weighted by atomic mass is 32.2. The lowest BCUT2D eigenvalue weighted by molar-refractivity contribution is -0.122. The number of carbonyl (C=O) groups excluding carboxylic acids is 1. The van der Waals surface area contributed by atoms with Crippen LogP contribution < -0.4 is 9.62 Å². The summed E-state index contributed by atoms with van der Waals surface area (Å²) in [6, 6.07) is 10.3. The van der Waals surface area contributed by atoms with Crippen molar-refractivity contribution in [3.05, 3.63) is 65.0 Å². The summed E-state index contributed by atoms with van der Waals surface area (Å²) in [5, 5.41) is 2.84. The summed E-state index contributed by atoms with van der Waals surface area (Å²) in [5.41, 5.74) is 3.59. The number of nitrogens with one attached hydrogen (secondary N) is 1. The van der Waals surface area contributed by atoms with E-state index in [-0.39, 0.29) is 5.69 Å². The summed E-state index contributed by atoms with van der Waals surface area (Å²) in [7, 11) is -3.73. The van der Waals surface area contributed by atoms with E-state index in [1.807, 2.05) is 0 Å². The molecule has 1 atom stereocenters. The molecule has 0 bridgehead atoms. The number of amides is 1. The number of nitrogens with zero attached hydrogens (tertiary/aromatic N) is 1. The molecule has 0 fully saturated rings. The zero-order valence-corrected chi connectivity index (χ0v) is 17.5. The molecule has 2 aromatic carbocycles. The van der Waals surface area contributed by atoms with Crippen molar-refractivity contribution in [3.8, 4) is 0 Å². The molecule has 0 heterocycles. The minimum Gasteiger partial charge on any atom is -0.350 e. The fraction of sp³-hybridized carbons (Fsp3) is 0.381. The third-order valence-corrected chi connectivity index (χ3v) is 5.92. The highest BCUT2D eigenvalue weighted by Crippen LogP contribution is 2.21. The van der Waals surface area contributed by atoms with Crippen molar-refractivity contribution in [3.63, 3.8) is 0 Å². The molecule has 28 heavy (non-hydrogen) atoms. The lowest BCUT2D eigenvalue weighted by Crippen LogP contribution is -2.47. The maximum atomic E-state index is 13.2. The van der Waals surface area contributed by atoms with Gasteiger partial charge in [0.05, 0.1) is 11.9 Å². The quantitative estimate of drug-likeness (QED) is 0.730. The first-order valence-electron chi connectivity index (χ1n) is 9.30. The standard InChI is InChI=1S/C21H27FN2O3S/c1-5-16-7-8-17(6-2)18(13-16)14-23-21(25)15(3)24(28(4,26)27)20-11-9-19(22)10-12-20/h7-13,15H,5-6,14H2,1-4H3,(H,23,25). The molecule has 1 N–H and O–H groups in total. The van der Waals surface area contributed by atoms with Crippen LogP contribution in [0.4, 0.5) is 10.1 Å². The molecular formula is C21H27FN2O3S. The van der Waals surface area contributed by atoms with E-state index in [4.69, 9.17) is 0 Å². The lowest BCUT2D eigenvalue weighted by Gasteiger charge is -2.28. The Bertz CT molecular complexity index is 927. The van der Waals surface area contributed by atoms with Crippen LogP contribution in [0.2, 0.25) is 0 Å². The monoisotopic (exact) mass is 406 g/mol. The molecule has 0 aliphatic rings. The van der Waals surface area contributed by atoms with E-state index in [0.29, 0.717) is 6.54 Å². The van der Waals surface area contributed by atoms with Crippen LogP contribution in [-0.2, 0) is 34.2 Å². The van der Waals surface area contributed by atoms with Crippen molar-refractivity contribution in [2.75, 3.05) is 10.6 Å². The molecule has 0 aliphatic carbocycles. The van der Waals surface area contributed by atoms with Crippen LogP contribution in [0.15, 0.2) is 42.5 Å². The Hall–Kier alpha value is -2.41. The van der Waals surface area contributed by atoms with Crippen molar-refractivity contribution in [2.24, 2.45) is 0 Å². The highest BCUT2D eigenvalue weighted by Gasteiger charge is 2.29. The summed E-state index contributed by atoms with van der Waals surface area (Å²) in [6.45, 7) is 5.96. The van der Waals surface area contributed by atoms with Gasteiger partial charge in [0.25, 0.3) is 0 Å². The first-order valence-corrected chi connectivity index (χ1v) is 11.2. The van der Waals surface area contributed by atoms with Crippen LogP contribution in [-0.4, -0.2) is 26.6 Å². The molecule has 0 aromatic heterocycles. The van der Waals surface area contributed by atoms with E-state index in [2.05, 4.69) is 37.4 Å². The van der Waals surface area contributed by atoms with Crippen molar-refractivity contribution >= 4 is 21.6 Å². The second-order valence-electron chi connectivity index (χ2n) is 6.74. The Morgan fingerprint density at radius 3 is 2.25 bits per heavy atom. The molecule has 152 valence electrons. The van der Waals surface area contributed by atoms with Crippen molar-refractivity contribution in [1.29, 1.82) is 0 Å². The first-order chi connectivity index (χ1) is 13.2. The Balaban J connectivity index is 2.21. The van der Waals surface area contributed by atoms with Crippen LogP contribution in [0, 0.1) is 5.82 Å². The van der Waals surface area contributed by atoms with Gasteiger partial charge in [-0.2, -0.15) is 0 Å². The van der Waals surface area contributed by atoms with Gasteiger partial charge in [-0.25, -0.2) is 12.8 Å². The molecule has 1 amide bonds. The van der Waals surface area contributed by atoms with Crippen molar-refractivity contribution in [2.45, 2.75) is 46.2 Å². The third-order valence-electron chi connectivity index (χ3n) is 4.68. The Morgan fingerprint density at radius 2 is 1.71 bits per heavy atom. The summed E-state index contributed by atoms with van der Waals surface area (Å²) < 4.78 is 38.8. The van der Waals surface area contributed by atoms with Crippen LogP contribution in [0.25, 0.3) is 0 Å². The Kier molecular flexibility index (Phi) is 7.18. The summed E-state index contributed by atoms with van der Waals surface area (Å²) >= 11 is 0. The molecule has 0 saturated heterocycles. The Morgan fingerprint density at radius 1 is 1.07 bits per heavy atom. The minimum absolute atomic E-state index is 0.244. The van der Waals surface area contributed by atoms with Gasteiger partial charge in [0, 0.05) is 6.54 Å². The van der Waals surface area contributed by atoms with Crippen LogP contribution >= 0.6 is 0 Å². The number of aryl methyl sites for hydroxylation is 2. The van der Waals surface area contributed by atoms with E-state index < -0.39 is 27.8 Å². The molecule has 0 spiro atoms. The molecule has 0 radical (unpaired) electrons. The van der Waals surface area contributed by atoms with E-state index in [0.717, 1.165) is 34.5 Å². The van der Waals surface area contributed by atoms with Gasteiger partial charge in [0.15, 0.2) is 0 Å². The normalized spacial score (nSPS) is 12.5. The van der Waals surface area contributed by atoms with Gasteiger partial charge in [-0.15, -0.1) is 0 Å². The van der Waals surface area contributed by atoms with Gasteiger partial charge in [0.2, 0.25) is 15.9 Å². The summed E-state index contributed by atoms with van der Waals surface area (Å²) in [5.74, 6) is -0.893. The smallest absolute Gasteiger partial charge is 0.243 e. The van der Waals surface area contributed by atoms with E-state index in [1.54, 1.807) is 0 Å². The molecule has 0 saturated carbocycles. The first kappa shape index (κ1) is 21.9. The number of sulfonamides is 1. The van der Waals surface area contributed by atoms with E-state index in [9.17, 15) is 17.6 Å². The second-order valence-corrected chi connectivity index (χ2v) is 8.60. The van der Waals surface area contributed by atoms with Crippen LogP contribution in [0.5, 0.6) is 0 Å². The average Bonchev–Trinajstić information content (AvgIpc) is 2.66. The number of halogens is 1. The van der Waals surface area contributed by atoms with Crippen molar-refractivity contribution in [1.82, 2.24) is 5.32 Å². The number of hydrogen-bond donors (Lipinski definition) is 1. The highest BCUT2D eigenvalue weighted by molar-refractivity contribution is 7.92. The molecule has 2 rings (SSSR count). The second kappa shape index (κ2) is 9.19. The fourth-order valence-electron chi connectivity index (χ4n) is 3.14. The Labute approximate surface area is 166 Å². The van der Waals surface area contributed by atoms with Crippen LogP contribution in [0.3, 0.4) is 0 Å². The zero-order chi connectivity index (χ0) is 20.9. The predicted molar refractivity (Wildman–Crippen MR) is 110 cm³/mol. The predicted octanol–water partition coefficient (Wildman–Crippen LogP) is 3.42. The van der Waals surface area contributed by atoms with E-state index in [1.165, 1.54) is 36.8 Å². The van der Waals surface area contributed by atoms with Gasteiger partial charge in [0.1, 0.15) is 11.9 Å². The number of benzene rings is 2. The minimum atomic E-state index is -3.73. The number of rotatable bonds is 8. The summed E-state index contributed by atoms with van der Waals surface area (Å²) in [4.78, 5) is 12.7. The maximum Gasteiger partial charge on any atom is 0.243 e. The molecule has 0 aliphatic heterocycles. The van der Waals surface area contributed by atoms with Crippen molar-refractivity contribution < 1.29 is 17.6 Å². The topological polar surface area (TPSA) is 66.5 Å². The van der Waals surface area contributed by atoms with Gasteiger partial charge < -0.3 is 5.32 Å². The SMILES string of the molecule is CCc1ccc(CC)c(CNC(=O)C(C)N(c2ccc(F)cc2)S(C)(=O)=O)c1. The average molecular weight is 407 g/mol. The largest absolute Gasteiger partial charge is 0.350 e. The van der Waals surface area contributed by atoms with Gasteiger partial charge in [-0.1, -0.05) is 32.0 Å². The lowest BCUT2D eigenvalue weighted by atomic mass is 10.0. The van der Waals surface area contributed by atoms with E-state index >= 15 is 0 Å². The molecular weight excluding hydrogens is 379 g/mol. The molecule has 7 heteroatoms. The molecule has 5 nitrogen and oxygen atoms in total. The van der Waals surface area contributed by atoms with Gasteiger partial charge >= 0.3 is 0 Å². The number of carbonyl (C=O) groups is 1. The van der Waals surface area contributed by atoms with Gasteiger partial charge in [-0.3, -0.25) is 9.10 Å². The number of hydrogen-bond acceptors (Lipinski definition) is 3. The molecule has 1 unspecified atom stereocenters. The molecule has 2 aromatic rings.